The molecule has 1 aromatic carbocycles. The molecular formula is C17H23ClFNO. The van der Waals surface area contributed by atoms with E-state index in [2.05, 4.69) is 4.90 Å². The highest BCUT2D eigenvalue weighted by Crippen LogP contribution is 2.36. The number of rotatable bonds is 3. The zero-order valence-corrected chi connectivity index (χ0v) is 13.0. The standard InChI is InChI=1S/C17H23ClFNO/c18-13-7-8-15(19)12(10-13)11-20-9-2-1-5-16(20)14-4-3-6-17(14)21/h7-8,10,14,16-17,21H,1-6,9,11H2. The molecule has 0 bridgehead atoms. The SMILES string of the molecule is OC1CCCC1C1CCCCN1Cc1cc(Cl)ccc1F. The fourth-order valence-electron chi connectivity index (χ4n) is 4.00. The summed E-state index contributed by atoms with van der Waals surface area (Å²) >= 11 is 6.00. The Morgan fingerprint density at radius 3 is 2.81 bits per heavy atom. The van der Waals surface area contributed by atoms with E-state index in [0.717, 1.165) is 38.6 Å². The quantitative estimate of drug-likeness (QED) is 0.912. The average Bonchev–Trinajstić information content (AvgIpc) is 2.90. The minimum Gasteiger partial charge on any atom is -0.393 e. The van der Waals surface area contributed by atoms with E-state index < -0.39 is 0 Å². The van der Waals surface area contributed by atoms with E-state index in [1.54, 1.807) is 12.1 Å². The van der Waals surface area contributed by atoms with E-state index in [0.29, 0.717) is 29.1 Å². The average molecular weight is 312 g/mol. The molecule has 3 rings (SSSR count). The van der Waals surface area contributed by atoms with Crippen LogP contribution in [0.25, 0.3) is 0 Å². The van der Waals surface area contributed by atoms with E-state index in [-0.39, 0.29) is 11.9 Å². The molecular weight excluding hydrogens is 289 g/mol. The van der Waals surface area contributed by atoms with Crippen molar-refractivity contribution in [2.45, 2.75) is 57.2 Å². The number of halogens is 2. The van der Waals surface area contributed by atoms with Gasteiger partial charge < -0.3 is 5.11 Å². The fourth-order valence-corrected chi connectivity index (χ4v) is 4.19. The Kier molecular flexibility index (Phi) is 4.82. The van der Waals surface area contributed by atoms with Gasteiger partial charge in [-0.1, -0.05) is 24.4 Å². The number of hydrogen-bond donors (Lipinski definition) is 1. The molecule has 1 aliphatic heterocycles. The zero-order chi connectivity index (χ0) is 14.8. The predicted octanol–water partition coefficient (Wildman–Crippen LogP) is 3.99. The Labute approximate surface area is 130 Å². The van der Waals surface area contributed by atoms with Gasteiger partial charge >= 0.3 is 0 Å². The van der Waals surface area contributed by atoms with Crippen LogP contribution >= 0.6 is 11.6 Å². The maximum atomic E-state index is 14.0. The molecule has 2 aliphatic rings. The maximum absolute atomic E-state index is 14.0. The van der Waals surface area contributed by atoms with Crippen molar-refractivity contribution in [3.05, 3.63) is 34.6 Å². The molecule has 3 atom stereocenters. The summed E-state index contributed by atoms with van der Waals surface area (Å²) in [7, 11) is 0. The van der Waals surface area contributed by atoms with E-state index in [1.807, 2.05) is 0 Å². The third kappa shape index (κ3) is 3.41. The molecule has 1 saturated heterocycles. The predicted molar refractivity (Wildman–Crippen MR) is 82.8 cm³/mol. The molecule has 2 fully saturated rings. The van der Waals surface area contributed by atoms with Crippen molar-refractivity contribution in [2.24, 2.45) is 5.92 Å². The maximum Gasteiger partial charge on any atom is 0.127 e. The largest absolute Gasteiger partial charge is 0.393 e. The summed E-state index contributed by atoms with van der Waals surface area (Å²) in [6, 6.07) is 5.15. The van der Waals surface area contributed by atoms with Crippen LogP contribution in [0.3, 0.4) is 0 Å². The van der Waals surface area contributed by atoms with E-state index in [4.69, 9.17) is 11.6 Å². The smallest absolute Gasteiger partial charge is 0.127 e. The van der Waals surface area contributed by atoms with Gasteiger partial charge in [-0.25, -0.2) is 4.39 Å². The Morgan fingerprint density at radius 2 is 2.05 bits per heavy atom. The lowest BCUT2D eigenvalue weighted by atomic mass is 9.87. The molecule has 3 unspecified atom stereocenters. The number of aliphatic hydroxyl groups excluding tert-OH is 1. The van der Waals surface area contributed by atoms with Crippen LogP contribution in [-0.4, -0.2) is 28.7 Å². The van der Waals surface area contributed by atoms with Crippen molar-refractivity contribution in [1.82, 2.24) is 4.90 Å². The van der Waals surface area contributed by atoms with Crippen LogP contribution in [-0.2, 0) is 6.54 Å². The molecule has 2 nitrogen and oxygen atoms in total. The van der Waals surface area contributed by atoms with Crippen molar-refractivity contribution in [1.29, 1.82) is 0 Å². The highest BCUT2D eigenvalue weighted by atomic mass is 35.5. The fraction of sp³-hybridized carbons (Fsp3) is 0.647. The van der Waals surface area contributed by atoms with Gasteiger partial charge in [-0.2, -0.15) is 0 Å². The first-order chi connectivity index (χ1) is 10.1. The van der Waals surface area contributed by atoms with Gasteiger partial charge in [0.1, 0.15) is 5.82 Å². The molecule has 0 aromatic heterocycles. The summed E-state index contributed by atoms with van der Waals surface area (Å²) in [6.45, 7) is 1.58. The summed E-state index contributed by atoms with van der Waals surface area (Å²) in [6.07, 6.45) is 6.43. The van der Waals surface area contributed by atoms with Crippen LogP contribution in [0.5, 0.6) is 0 Å². The molecule has 4 heteroatoms. The Morgan fingerprint density at radius 1 is 1.19 bits per heavy atom. The number of likely N-dealkylation sites (tertiary alicyclic amines) is 1. The van der Waals surface area contributed by atoms with Gasteiger partial charge in [0, 0.05) is 29.1 Å². The first kappa shape index (κ1) is 15.3. The van der Waals surface area contributed by atoms with Gasteiger partial charge in [0.05, 0.1) is 6.10 Å². The molecule has 21 heavy (non-hydrogen) atoms. The number of benzene rings is 1. The second kappa shape index (κ2) is 6.64. The number of nitrogens with zero attached hydrogens (tertiary/aromatic N) is 1. The number of piperidine rings is 1. The lowest BCUT2D eigenvalue weighted by molar-refractivity contribution is 0.0308. The summed E-state index contributed by atoms with van der Waals surface area (Å²) in [4.78, 5) is 2.36. The van der Waals surface area contributed by atoms with Crippen LogP contribution in [0.2, 0.25) is 5.02 Å². The summed E-state index contributed by atoms with van der Waals surface area (Å²) in [5.41, 5.74) is 0.668. The van der Waals surface area contributed by atoms with Gasteiger partial charge in [0.25, 0.3) is 0 Å². The molecule has 1 saturated carbocycles. The highest BCUT2D eigenvalue weighted by Gasteiger charge is 2.37. The van der Waals surface area contributed by atoms with Crippen LogP contribution in [0, 0.1) is 11.7 Å². The Balaban J connectivity index is 1.76. The lowest BCUT2D eigenvalue weighted by Crippen LogP contribution is -2.45. The van der Waals surface area contributed by atoms with Crippen LogP contribution in [0.4, 0.5) is 4.39 Å². The molecule has 0 amide bonds. The minimum atomic E-state index is -0.185. The minimum absolute atomic E-state index is 0.181. The van der Waals surface area contributed by atoms with E-state index in [1.165, 1.54) is 12.5 Å². The molecule has 1 aromatic rings. The Bertz CT molecular complexity index is 496. The molecule has 0 spiro atoms. The van der Waals surface area contributed by atoms with Crippen molar-refractivity contribution < 1.29 is 9.50 Å². The van der Waals surface area contributed by atoms with Crippen LogP contribution < -0.4 is 0 Å². The van der Waals surface area contributed by atoms with E-state index in [9.17, 15) is 9.50 Å². The topological polar surface area (TPSA) is 23.5 Å². The molecule has 1 N–H and O–H groups in total. The highest BCUT2D eigenvalue weighted by molar-refractivity contribution is 6.30. The molecule has 0 radical (unpaired) electrons. The molecule has 116 valence electrons. The first-order valence-electron chi connectivity index (χ1n) is 8.01. The van der Waals surface area contributed by atoms with Crippen molar-refractivity contribution in [2.75, 3.05) is 6.54 Å². The summed E-state index contributed by atoms with van der Waals surface area (Å²) in [5, 5.41) is 10.8. The van der Waals surface area contributed by atoms with E-state index >= 15 is 0 Å². The normalized spacial score (nSPS) is 30.7. The number of aliphatic hydroxyl groups is 1. The third-order valence-corrected chi connectivity index (χ3v) is 5.31. The second-order valence-electron chi connectivity index (χ2n) is 6.43. The van der Waals surface area contributed by atoms with Crippen LogP contribution in [0.1, 0.15) is 44.1 Å². The van der Waals surface area contributed by atoms with Gasteiger partial charge in [-0.3, -0.25) is 4.90 Å². The first-order valence-corrected chi connectivity index (χ1v) is 8.39. The second-order valence-corrected chi connectivity index (χ2v) is 6.87. The monoisotopic (exact) mass is 311 g/mol. The third-order valence-electron chi connectivity index (χ3n) is 5.07. The van der Waals surface area contributed by atoms with Gasteiger partial charge in [-0.15, -0.1) is 0 Å². The van der Waals surface area contributed by atoms with Gasteiger partial charge in [0.15, 0.2) is 0 Å². The summed E-state index contributed by atoms with van der Waals surface area (Å²) in [5.74, 6) is 0.170. The molecule has 1 heterocycles. The number of hydrogen-bond acceptors (Lipinski definition) is 2. The summed E-state index contributed by atoms with van der Waals surface area (Å²) < 4.78 is 14.0. The van der Waals surface area contributed by atoms with Crippen molar-refractivity contribution in [3.63, 3.8) is 0 Å². The Hall–Kier alpha value is -0.640. The molecule has 1 aliphatic carbocycles. The van der Waals surface area contributed by atoms with Crippen LogP contribution in [0.15, 0.2) is 18.2 Å². The van der Waals surface area contributed by atoms with Gasteiger partial charge in [-0.05, 0) is 50.4 Å². The van der Waals surface area contributed by atoms with Crippen molar-refractivity contribution >= 4 is 11.6 Å². The van der Waals surface area contributed by atoms with Crippen molar-refractivity contribution in [3.8, 4) is 0 Å². The lowest BCUT2D eigenvalue weighted by Gasteiger charge is -2.40. The van der Waals surface area contributed by atoms with Gasteiger partial charge in [0.2, 0.25) is 0 Å². The zero-order valence-electron chi connectivity index (χ0n) is 12.3.